The van der Waals surface area contributed by atoms with Gasteiger partial charge >= 0.3 is 0 Å². The van der Waals surface area contributed by atoms with E-state index in [0.29, 0.717) is 19.4 Å². The van der Waals surface area contributed by atoms with Crippen LogP contribution >= 0.6 is 0 Å². The van der Waals surface area contributed by atoms with Crippen LogP contribution in [-0.4, -0.2) is 29.2 Å². The number of aliphatic hydroxyl groups excluding tert-OH is 1. The lowest BCUT2D eigenvalue weighted by Crippen LogP contribution is -2.51. The van der Waals surface area contributed by atoms with Crippen molar-refractivity contribution < 1.29 is 9.90 Å². The summed E-state index contributed by atoms with van der Waals surface area (Å²) in [4.78, 5) is 11.4. The molecule has 2 unspecified atom stereocenters. The van der Waals surface area contributed by atoms with Crippen molar-refractivity contribution in [3.63, 3.8) is 0 Å². The van der Waals surface area contributed by atoms with E-state index in [-0.39, 0.29) is 12.0 Å². The zero-order valence-corrected chi connectivity index (χ0v) is 8.63. The average molecular weight is 188 g/mol. The largest absolute Gasteiger partial charge is 0.393 e. The second-order valence-corrected chi connectivity index (χ2v) is 3.66. The maximum atomic E-state index is 11.4. The molecule has 0 aliphatic rings. The number of nitrogens with one attached hydrogen (secondary N) is 1. The van der Waals surface area contributed by atoms with E-state index in [0.717, 1.165) is 0 Å². The summed E-state index contributed by atoms with van der Waals surface area (Å²) in [5.41, 5.74) is 4.91. The molecule has 2 atom stereocenters. The normalized spacial score (nSPS) is 17.6. The molecule has 78 valence electrons. The fraction of sp³-hybridized carbons (Fsp3) is 0.889. The summed E-state index contributed by atoms with van der Waals surface area (Å²) in [6.07, 6.45) is 0.782. The smallest absolute Gasteiger partial charge is 0.239 e. The van der Waals surface area contributed by atoms with Gasteiger partial charge < -0.3 is 16.2 Å². The Labute approximate surface area is 79.5 Å². The molecule has 0 fully saturated rings. The van der Waals surface area contributed by atoms with Gasteiger partial charge in [0.25, 0.3) is 0 Å². The van der Waals surface area contributed by atoms with Crippen LogP contribution in [0, 0.1) is 0 Å². The molecule has 0 radical (unpaired) electrons. The fourth-order valence-electron chi connectivity index (χ4n) is 0.757. The highest BCUT2D eigenvalue weighted by atomic mass is 16.3. The van der Waals surface area contributed by atoms with Gasteiger partial charge in [-0.2, -0.15) is 0 Å². The van der Waals surface area contributed by atoms with E-state index >= 15 is 0 Å². The molecule has 0 saturated carbocycles. The zero-order valence-electron chi connectivity index (χ0n) is 8.63. The highest BCUT2D eigenvalue weighted by molar-refractivity contribution is 5.85. The summed E-state index contributed by atoms with van der Waals surface area (Å²) in [5, 5.41) is 11.6. The SMILES string of the molecule is CCC(C)(N)C(=O)NCCC(C)O. The van der Waals surface area contributed by atoms with Crippen molar-refractivity contribution in [3.8, 4) is 0 Å². The molecule has 0 saturated heterocycles. The third-order valence-electron chi connectivity index (χ3n) is 2.10. The quantitative estimate of drug-likeness (QED) is 0.568. The summed E-state index contributed by atoms with van der Waals surface area (Å²) in [6.45, 7) is 5.73. The van der Waals surface area contributed by atoms with Crippen molar-refractivity contribution in [3.05, 3.63) is 0 Å². The number of nitrogens with two attached hydrogens (primary N) is 1. The van der Waals surface area contributed by atoms with E-state index in [2.05, 4.69) is 5.32 Å². The van der Waals surface area contributed by atoms with E-state index in [1.54, 1.807) is 13.8 Å². The molecule has 0 aromatic heterocycles. The summed E-state index contributed by atoms with van der Waals surface area (Å²) >= 11 is 0. The molecule has 4 heteroatoms. The van der Waals surface area contributed by atoms with Crippen LogP contribution in [-0.2, 0) is 4.79 Å². The maximum absolute atomic E-state index is 11.4. The molecule has 0 aliphatic carbocycles. The summed E-state index contributed by atoms with van der Waals surface area (Å²) in [6, 6.07) is 0. The van der Waals surface area contributed by atoms with Crippen LogP contribution < -0.4 is 11.1 Å². The average Bonchev–Trinajstić information content (AvgIpc) is 2.03. The van der Waals surface area contributed by atoms with Crippen LogP contribution in [0.4, 0.5) is 0 Å². The Morgan fingerprint density at radius 3 is 2.62 bits per heavy atom. The number of carbonyl (C=O) groups excluding carboxylic acids is 1. The monoisotopic (exact) mass is 188 g/mol. The minimum absolute atomic E-state index is 0.157. The summed E-state index contributed by atoms with van der Waals surface area (Å²) in [5.74, 6) is -0.157. The van der Waals surface area contributed by atoms with Crippen molar-refractivity contribution in [2.45, 2.75) is 45.3 Å². The first-order chi connectivity index (χ1) is 5.90. The molecule has 13 heavy (non-hydrogen) atoms. The van der Waals surface area contributed by atoms with Gasteiger partial charge in [0, 0.05) is 6.54 Å². The minimum Gasteiger partial charge on any atom is -0.393 e. The second kappa shape index (κ2) is 5.19. The lowest BCUT2D eigenvalue weighted by molar-refractivity contribution is -0.125. The van der Waals surface area contributed by atoms with Gasteiger partial charge in [0.05, 0.1) is 11.6 Å². The molecule has 0 spiro atoms. The lowest BCUT2D eigenvalue weighted by Gasteiger charge is -2.21. The Balaban J connectivity index is 3.75. The molecule has 0 aromatic carbocycles. The van der Waals surface area contributed by atoms with E-state index < -0.39 is 5.54 Å². The van der Waals surface area contributed by atoms with Gasteiger partial charge in [0.15, 0.2) is 0 Å². The standard InChI is InChI=1S/C9H20N2O2/c1-4-9(3,10)8(13)11-6-5-7(2)12/h7,12H,4-6,10H2,1-3H3,(H,11,13). The second-order valence-electron chi connectivity index (χ2n) is 3.66. The first-order valence-electron chi connectivity index (χ1n) is 4.65. The Bertz CT molecular complexity index is 167. The van der Waals surface area contributed by atoms with Crippen molar-refractivity contribution >= 4 is 5.91 Å². The maximum Gasteiger partial charge on any atom is 0.239 e. The van der Waals surface area contributed by atoms with Crippen LogP contribution in [0.15, 0.2) is 0 Å². The number of hydrogen-bond acceptors (Lipinski definition) is 3. The van der Waals surface area contributed by atoms with Crippen molar-refractivity contribution in [2.24, 2.45) is 5.73 Å². The Morgan fingerprint density at radius 1 is 1.69 bits per heavy atom. The molecule has 0 heterocycles. The van der Waals surface area contributed by atoms with E-state index in [9.17, 15) is 4.79 Å². The van der Waals surface area contributed by atoms with Gasteiger partial charge in [-0.05, 0) is 26.7 Å². The number of aliphatic hydroxyl groups is 1. The first-order valence-corrected chi connectivity index (χ1v) is 4.65. The van der Waals surface area contributed by atoms with E-state index in [1.807, 2.05) is 6.92 Å². The number of carbonyl (C=O) groups is 1. The lowest BCUT2D eigenvalue weighted by atomic mass is 9.99. The topological polar surface area (TPSA) is 75.4 Å². The fourth-order valence-corrected chi connectivity index (χ4v) is 0.757. The Kier molecular flexibility index (Phi) is 4.95. The number of amides is 1. The highest BCUT2D eigenvalue weighted by Crippen LogP contribution is 2.03. The van der Waals surface area contributed by atoms with Gasteiger partial charge in [0.1, 0.15) is 0 Å². The molecule has 0 bridgehead atoms. The van der Waals surface area contributed by atoms with Crippen molar-refractivity contribution in [1.82, 2.24) is 5.32 Å². The molecular weight excluding hydrogens is 168 g/mol. The Hall–Kier alpha value is -0.610. The van der Waals surface area contributed by atoms with Crippen LogP contribution in [0.25, 0.3) is 0 Å². The van der Waals surface area contributed by atoms with Gasteiger partial charge in [0.2, 0.25) is 5.91 Å². The van der Waals surface area contributed by atoms with E-state index in [1.165, 1.54) is 0 Å². The van der Waals surface area contributed by atoms with E-state index in [4.69, 9.17) is 10.8 Å². The summed E-state index contributed by atoms with van der Waals surface area (Å²) in [7, 11) is 0. The van der Waals surface area contributed by atoms with Gasteiger partial charge in [-0.1, -0.05) is 6.92 Å². The van der Waals surface area contributed by atoms with Crippen LogP contribution in [0.3, 0.4) is 0 Å². The third-order valence-corrected chi connectivity index (χ3v) is 2.10. The molecule has 4 N–H and O–H groups in total. The van der Waals surface area contributed by atoms with Gasteiger partial charge in [-0.15, -0.1) is 0 Å². The van der Waals surface area contributed by atoms with Crippen LogP contribution in [0.1, 0.15) is 33.6 Å². The molecule has 0 aliphatic heterocycles. The van der Waals surface area contributed by atoms with Gasteiger partial charge in [-0.3, -0.25) is 4.79 Å². The minimum atomic E-state index is -0.793. The number of hydrogen-bond donors (Lipinski definition) is 3. The molecule has 0 rings (SSSR count). The first kappa shape index (κ1) is 12.4. The van der Waals surface area contributed by atoms with Crippen molar-refractivity contribution in [2.75, 3.05) is 6.54 Å². The third kappa shape index (κ3) is 4.85. The zero-order chi connectivity index (χ0) is 10.5. The van der Waals surface area contributed by atoms with Crippen LogP contribution in [0.2, 0.25) is 0 Å². The molecule has 4 nitrogen and oxygen atoms in total. The van der Waals surface area contributed by atoms with Gasteiger partial charge in [-0.25, -0.2) is 0 Å². The van der Waals surface area contributed by atoms with Crippen LogP contribution in [0.5, 0.6) is 0 Å². The predicted octanol–water partition coefficient (Wildman–Crippen LogP) is 0.000900. The predicted molar refractivity (Wildman–Crippen MR) is 52.2 cm³/mol. The molecular formula is C9H20N2O2. The Morgan fingerprint density at radius 2 is 2.23 bits per heavy atom. The van der Waals surface area contributed by atoms with Crippen molar-refractivity contribution in [1.29, 1.82) is 0 Å². The summed E-state index contributed by atoms with van der Waals surface area (Å²) < 4.78 is 0. The molecule has 0 aromatic rings. The highest BCUT2D eigenvalue weighted by Gasteiger charge is 2.25. The number of rotatable bonds is 5. The molecule has 1 amide bonds.